The van der Waals surface area contributed by atoms with Crippen LogP contribution in [-0.4, -0.2) is 35.6 Å². The first-order valence-electron chi connectivity index (χ1n) is 8.82. The Morgan fingerprint density at radius 3 is 2.50 bits per heavy atom. The van der Waals surface area contributed by atoms with Crippen molar-refractivity contribution in [3.8, 4) is 0 Å². The average Bonchev–Trinajstić information content (AvgIpc) is 3.15. The molecule has 1 aliphatic heterocycles. The molecule has 3 rings (SSSR count). The van der Waals surface area contributed by atoms with Crippen molar-refractivity contribution in [2.24, 2.45) is 0 Å². The van der Waals surface area contributed by atoms with Gasteiger partial charge in [0.15, 0.2) is 0 Å². The lowest BCUT2D eigenvalue weighted by atomic mass is 9.96. The normalized spacial score (nSPS) is 15.7. The lowest BCUT2D eigenvalue weighted by molar-refractivity contribution is -0.131. The molecule has 26 heavy (non-hydrogen) atoms. The standard InChI is InChI=1S/C22H22ClNO2/c23-20-9-7-18(8-10-20)21(12-15-24-13-1-2-14-24)19-5-3-4-17(16-19)6-11-22(25)26/h3-12,16H,1-2,13-15H2,(H,25,26)/b11-6+,21-12+. The van der Waals surface area contributed by atoms with Gasteiger partial charge in [-0.25, -0.2) is 4.79 Å². The molecule has 1 heterocycles. The Hall–Kier alpha value is -2.36. The highest BCUT2D eigenvalue weighted by Crippen LogP contribution is 2.26. The van der Waals surface area contributed by atoms with E-state index >= 15 is 0 Å². The molecular formula is C22H22ClNO2. The Balaban J connectivity index is 1.94. The fourth-order valence-electron chi connectivity index (χ4n) is 3.19. The summed E-state index contributed by atoms with van der Waals surface area (Å²) < 4.78 is 0. The molecule has 3 nitrogen and oxygen atoms in total. The minimum Gasteiger partial charge on any atom is -0.478 e. The third-order valence-electron chi connectivity index (χ3n) is 4.52. The maximum Gasteiger partial charge on any atom is 0.328 e. The maximum atomic E-state index is 10.8. The van der Waals surface area contributed by atoms with E-state index in [9.17, 15) is 4.79 Å². The Kier molecular flexibility index (Phi) is 6.26. The number of hydrogen-bond donors (Lipinski definition) is 1. The van der Waals surface area contributed by atoms with E-state index in [0.29, 0.717) is 5.02 Å². The molecule has 4 heteroatoms. The number of nitrogens with zero attached hydrogens (tertiary/aromatic N) is 1. The number of carboxylic acid groups (broad SMARTS) is 1. The highest BCUT2D eigenvalue weighted by molar-refractivity contribution is 6.30. The van der Waals surface area contributed by atoms with E-state index in [2.05, 4.69) is 17.0 Å². The minimum absolute atomic E-state index is 0.714. The van der Waals surface area contributed by atoms with Gasteiger partial charge in [-0.2, -0.15) is 0 Å². The summed E-state index contributed by atoms with van der Waals surface area (Å²) >= 11 is 6.05. The zero-order chi connectivity index (χ0) is 18.4. The fraction of sp³-hybridized carbons (Fsp3) is 0.227. The van der Waals surface area contributed by atoms with E-state index in [1.165, 1.54) is 12.8 Å². The molecule has 2 aromatic rings. The van der Waals surface area contributed by atoms with Crippen LogP contribution in [0, 0.1) is 0 Å². The predicted octanol–water partition coefficient (Wildman–Crippen LogP) is 4.97. The van der Waals surface area contributed by atoms with Crippen LogP contribution in [0.3, 0.4) is 0 Å². The van der Waals surface area contributed by atoms with Crippen molar-refractivity contribution < 1.29 is 9.90 Å². The largest absolute Gasteiger partial charge is 0.478 e. The number of carbonyl (C=O) groups is 1. The predicted molar refractivity (Wildman–Crippen MR) is 107 cm³/mol. The summed E-state index contributed by atoms with van der Waals surface area (Å²) in [5.74, 6) is -0.946. The van der Waals surface area contributed by atoms with Gasteiger partial charge in [0.2, 0.25) is 0 Å². The Labute approximate surface area is 159 Å². The molecule has 0 unspecified atom stereocenters. The highest BCUT2D eigenvalue weighted by atomic mass is 35.5. The van der Waals surface area contributed by atoms with E-state index in [1.54, 1.807) is 6.08 Å². The van der Waals surface area contributed by atoms with Gasteiger partial charge < -0.3 is 5.11 Å². The van der Waals surface area contributed by atoms with Crippen molar-refractivity contribution in [1.82, 2.24) is 4.90 Å². The minimum atomic E-state index is -0.946. The van der Waals surface area contributed by atoms with Gasteiger partial charge in [-0.3, -0.25) is 4.90 Å². The second kappa shape index (κ2) is 8.84. The molecule has 0 spiro atoms. The molecule has 1 aliphatic rings. The molecule has 0 aromatic heterocycles. The smallest absolute Gasteiger partial charge is 0.328 e. The molecule has 0 atom stereocenters. The van der Waals surface area contributed by atoms with E-state index < -0.39 is 5.97 Å². The van der Waals surface area contributed by atoms with Gasteiger partial charge in [-0.05, 0) is 72.5 Å². The summed E-state index contributed by atoms with van der Waals surface area (Å²) in [6, 6.07) is 15.8. The van der Waals surface area contributed by atoms with Crippen molar-refractivity contribution in [3.05, 3.63) is 82.4 Å². The second-order valence-corrected chi connectivity index (χ2v) is 6.87. The summed E-state index contributed by atoms with van der Waals surface area (Å²) in [6.07, 6.45) is 7.56. The zero-order valence-electron chi connectivity index (χ0n) is 14.6. The van der Waals surface area contributed by atoms with Crippen molar-refractivity contribution in [2.45, 2.75) is 12.8 Å². The highest BCUT2D eigenvalue weighted by Gasteiger charge is 2.11. The number of halogens is 1. The summed E-state index contributed by atoms with van der Waals surface area (Å²) in [4.78, 5) is 13.2. The SMILES string of the molecule is O=C(O)/C=C/c1cccc(/C(=C/CN2CCCC2)c2ccc(Cl)cc2)c1. The second-order valence-electron chi connectivity index (χ2n) is 6.43. The number of aliphatic carboxylic acids is 1. The summed E-state index contributed by atoms with van der Waals surface area (Å²) in [6.45, 7) is 3.20. The third kappa shape index (κ3) is 5.07. The third-order valence-corrected chi connectivity index (χ3v) is 4.78. The monoisotopic (exact) mass is 367 g/mol. The zero-order valence-corrected chi connectivity index (χ0v) is 15.3. The first kappa shape index (κ1) is 18.4. The van der Waals surface area contributed by atoms with Gasteiger partial charge in [-0.1, -0.05) is 48.0 Å². The lowest BCUT2D eigenvalue weighted by Gasteiger charge is -2.15. The van der Waals surface area contributed by atoms with Gasteiger partial charge in [0.25, 0.3) is 0 Å². The quantitative estimate of drug-likeness (QED) is 0.733. The Morgan fingerprint density at radius 2 is 1.81 bits per heavy atom. The van der Waals surface area contributed by atoms with Gasteiger partial charge in [-0.15, -0.1) is 0 Å². The number of carboxylic acids is 1. The van der Waals surface area contributed by atoms with E-state index in [1.807, 2.05) is 42.5 Å². The molecule has 0 bridgehead atoms. The molecular weight excluding hydrogens is 346 g/mol. The number of benzene rings is 2. The number of likely N-dealkylation sites (tertiary alicyclic amines) is 1. The van der Waals surface area contributed by atoms with Crippen LogP contribution in [0.15, 0.2) is 60.7 Å². The fourth-order valence-corrected chi connectivity index (χ4v) is 3.32. The first-order chi connectivity index (χ1) is 12.6. The topological polar surface area (TPSA) is 40.5 Å². The van der Waals surface area contributed by atoms with Crippen LogP contribution >= 0.6 is 11.6 Å². The van der Waals surface area contributed by atoms with Gasteiger partial charge in [0.1, 0.15) is 0 Å². The van der Waals surface area contributed by atoms with Crippen LogP contribution in [0.1, 0.15) is 29.5 Å². The Bertz CT molecular complexity index is 818. The van der Waals surface area contributed by atoms with Crippen LogP contribution in [0.4, 0.5) is 0 Å². The van der Waals surface area contributed by atoms with Gasteiger partial charge >= 0.3 is 5.97 Å². The van der Waals surface area contributed by atoms with Crippen molar-refractivity contribution in [3.63, 3.8) is 0 Å². The molecule has 2 aromatic carbocycles. The summed E-state index contributed by atoms with van der Waals surface area (Å²) in [7, 11) is 0. The molecule has 1 fully saturated rings. The lowest BCUT2D eigenvalue weighted by Crippen LogP contribution is -2.19. The van der Waals surface area contributed by atoms with Crippen LogP contribution < -0.4 is 0 Å². The van der Waals surface area contributed by atoms with Crippen LogP contribution in [0.25, 0.3) is 11.6 Å². The van der Waals surface area contributed by atoms with Gasteiger partial charge in [0, 0.05) is 17.6 Å². The van der Waals surface area contributed by atoms with E-state index in [0.717, 1.165) is 48.0 Å². The molecule has 1 saturated heterocycles. The number of hydrogen-bond acceptors (Lipinski definition) is 2. The first-order valence-corrected chi connectivity index (χ1v) is 9.19. The van der Waals surface area contributed by atoms with Crippen LogP contribution in [0.5, 0.6) is 0 Å². The molecule has 0 aliphatic carbocycles. The average molecular weight is 368 g/mol. The number of rotatable bonds is 6. The Morgan fingerprint density at radius 1 is 1.08 bits per heavy atom. The summed E-state index contributed by atoms with van der Waals surface area (Å²) in [5.41, 5.74) is 4.18. The van der Waals surface area contributed by atoms with E-state index in [4.69, 9.17) is 16.7 Å². The van der Waals surface area contributed by atoms with Gasteiger partial charge in [0.05, 0.1) is 0 Å². The van der Waals surface area contributed by atoms with E-state index in [-0.39, 0.29) is 0 Å². The van der Waals surface area contributed by atoms with Crippen molar-refractivity contribution in [1.29, 1.82) is 0 Å². The summed E-state index contributed by atoms with van der Waals surface area (Å²) in [5, 5.41) is 9.56. The molecule has 134 valence electrons. The molecule has 0 amide bonds. The molecule has 0 saturated carbocycles. The van der Waals surface area contributed by atoms with Crippen molar-refractivity contribution in [2.75, 3.05) is 19.6 Å². The molecule has 1 N–H and O–H groups in total. The van der Waals surface area contributed by atoms with Crippen LogP contribution in [0.2, 0.25) is 5.02 Å². The molecule has 0 radical (unpaired) electrons. The maximum absolute atomic E-state index is 10.8. The van der Waals surface area contributed by atoms with Crippen LogP contribution in [-0.2, 0) is 4.79 Å². The van der Waals surface area contributed by atoms with Crippen molar-refractivity contribution >= 4 is 29.2 Å².